The molecule has 0 aliphatic carbocycles. The minimum absolute atomic E-state index is 0.108. The summed E-state index contributed by atoms with van der Waals surface area (Å²) >= 11 is 0. The van der Waals surface area contributed by atoms with Gasteiger partial charge in [-0.3, -0.25) is 0 Å². The predicted molar refractivity (Wildman–Crippen MR) is 67.3 cm³/mol. The van der Waals surface area contributed by atoms with E-state index in [0.29, 0.717) is 5.92 Å². The maximum absolute atomic E-state index is 5.94. The highest BCUT2D eigenvalue weighted by Gasteiger charge is 2.48. The van der Waals surface area contributed by atoms with E-state index in [0.717, 1.165) is 0 Å². The van der Waals surface area contributed by atoms with Gasteiger partial charge in [0.1, 0.15) is 0 Å². The Morgan fingerprint density at radius 2 is 1.25 bits per heavy atom. The van der Waals surface area contributed by atoms with Crippen LogP contribution in [0.3, 0.4) is 0 Å². The maximum atomic E-state index is 5.94. The largest absolute Gasteiger partial charge is 0.350 e. The molecule has 4 atom stereocenters. The summed E-state index contributed by atoms with van der Waals surface area (Å²) in [4.78, 5) is 0. The lowest BCUT2D eigenvalue weighted by Crippen LogP contribution is -2.52. The first kappa shape index (κ1) is 14.0. The summed E-state index contributed by atoms with van der Waals surface area (Å²) in [6.07, 6.45) is 0.326. The fourth-order valence-electron chi connectivity index (χ4n) is 2.61. The van der Waals surface area contributed by atoms with Crippen LogP contribution in [0.4, 0.5) is 0 Å². The molecule has 0 aromatic heterocycles. The van der Waals surface area contributed by atoms with Crippen LogP contribution in [-0.4, -0.2) is 18.5 Å². The Morgan fingerprint density at radius 3 is 1.75 bits per heavy atom. The Kier molecular flexibility index (Phi) is 3.76. The van der Waals surface area contributed by atoms with Crippen molar-refractivity contribution in [3.8, 4) is 0 Å². The topological polar surface area (TPSA) is 18.5 Å². The van der Waals surface area contributed by atoms with E-state index in [1.165, 1.54) is 0 Å². The highest BCUT2D eigenvalue weighted by atomic mass is 16.7. The predicted octanol–water partition coefficient (Wildman–Crippen LogP) is 3.84. The average Bonchev–Trinajstić information content (AvgIpc) is 2.14. The second-order valence-corrected chi connectivity index (χ2v) is 6.42. The summed E-state index contributed by atoms with van der Waals surface area (Å²) in [7, 11) is 0. The third kappa shape index (κ3) is 2.14. The zero-order valence-electron chi connectivity index (χ0n) is 12.1. The van der Waals surface area contributed by atoms with Gasteiger partial charge in [0.15, 0.2) is 6.29 Å². The molecule has 0 aromatic rings. The van der Waals surface area contributed by atoms with Crippen LogP contribution in [0, 0.1) is 16.7 Å². The van der Waals surface area contributed by atoms with Gasteiger partial charge in [0.05, 0.1) is 12.2 Å². The van der Waals surface area contributed by atoms with E-state index in [1.807, 2.05) is 6.92 Å². The van der Waals surface area contributed by atoms with E-state index < -0.39 is 0 Å². The molecule has 0 amide bonds. The van der Waals surface area contributed by atoms with E-state index in [2.05, 4.69) is 48.5 Å². The van der Waals surface area contributed by atoms with Gasteiger partial charge in [-0.2, -0.15) is 0 Å². The van der Waals surface area contributed by atoms with Gasteiger partial charge < -0.3 is 9.47 Å². The van der Waals surface area contributed by atoms with Crippen molar-refractivity contribution in [1.29, 1.82) is 0 Å². The molecule has 2 heteroatoms. The van der Waals surface area contributed by atoms with Crippen molar-refractivity contribution >= 4 is 0 Å². The van der Waals surface area contributed by atoms with Gasteiger partial charge >= 0.3 is 0 Å². The second kappa shape index (κ2) is 4.30. The van der Waals surface area contributed by atoms with Gasteiger partial charge in [-0.1, -0.05) is 34.6 Å². The van der Waals surface area contributed by atoms with Gasteiger partial charge in [0.25, 0.3) is 0 Å². The number of rotatable bonds is 0. The van der Waals surface area contributed by atoms with E-state index in [1.54, 1.807) is 0 Å². The molecule has 1 aliphatic rings. The van der Waals surface area contributed by atoms with Gasteiger partial charge in [0, 0.05) is 0 Å². The standard InChI is InChI=1S/C14H28O2/c1-9-10(2)15-12(4)16-11(3)14(7,8)13(9,5)6/h9-12H,1-8H3. The Balaban J connectivity index is 3.07. The lowest BCUT2D eigenvalue weighted by Gasteiger charge is -2.53. The maximum Gasteiger partial charge on any atom is 0.155 e. The molecule has 16 heavy (non-hydrogen) atoms. The second-order valence-electron chi connectivity index (χ2n) is 6.42. The molecule has 0 saturated carbocycles. The summed E-state index contributed by atoms with van der Waals surface area (Å²) in [5, 5.41) is 0. The molecule has 1 rings (SSSR count). The van der Waals surface area contributed by atoms with Gasteiger partial charge in [-0.15, -0.1) is 0 Å². The zero-order chi connectivity index (χ0) is 12.7. The van der Waals surface area contributed by atoms with Crippen molar-refractivity contribution in [2.45, 2.75) is 73.9 Å². The van der Waals surface area contributed by atoms with E-state index in [-0.39, 0.29) is 29.3 Å². The molecular formula is C14H28O2. The number of hydrogen-bond acceptors (Lipinski definition) is 2. The molecule has 4 unspecified atom stereocenters. The van der Waals surface area contributed by atoms with Crippen LogP contribution in [0.1, 0.15) is 55.4 Å². The van der Waals surface area contributed by atoms with Crippen molar-refractivity contribution in [1.82, 2.24) is 0 Å². The fourth-order valence-corrected chi connectivity index (χ4v) is 2.61. The quantitative estimate of drug-likeness (QED) is 0.627. The van der Waals surface area contributed by atoms with E-state index >= 15 is 0 Å². The lowest BCUT2D eigenvalue weighted by molar-refractivity contribution is -0.256. The first-order chi connectivity index (χ1) is 7.10. The van der Waals surface area contributed by atoms with Crippen LogP contribution in [0.2, 0.25) is 0 Å². The van der Waals surface area contributed by atoms with Gasteiger partial charge in [-0.05, 0) is 37.5 Å². The van der Waals surface area contributed by atoms with Crippen LogP contribution in [-0.2, 0) is 9.47 Å². The molecule has 96 valence electrons. The third-order valence-electron chi connectivity index (χ3n) is 5.32. The molecule has 0 N–H and O–H groups in total. The summed E-state index contributed by atoms with van der Waals surface area (Å²) in [6.45, 7) is 17.9. The minimum Gasteiger partial charge on any atom is -0.350 e. The first-order valence-corrected chi connectivity index (χ1v) is 6.41. The molecule has 0 spiro atoms. The van der Waals surface area contributed by atoms with Crippen LogP contribution >= 0.6 is 0 Å². The van der Waals surface area contributed by atoms with Crippen molar-refractivity contribution in [3.63, 3.8) is 0 Å². The van der Waals surface area contributed by atoms with Crippen molar-refractivity contribution in [2.75, 3.05) is 0 Å². The number of hydrogen-bond donors (Lipinski definition) is 0. The first-order valence-electron chi connectivity index (χ1n) is 6.41. The molecule has 1 saturated heterocycles. The molecule has 1 fully saturated rings. The lowest BCUT2D eigenvalue weighted by atomic mass is 9.58. The summed E-state index contributed by atoms with van der Waals surface area (Å²) in [5.41, 5.74) is 0.324. The SMILES string of the molecule is CC1OC(C)C(C)C(C)(C)C(C)(C)C(C)O1. The van der Waals surface area contributed by atoms with Crippen LogP contribution in [0.25, 0.3) is 0 Å². The van der Waals surface area contributed by atoms with Crippen LogP contribution in [0.15, 0.2) is 0 Å². The van der Waals surface area contributed by atoms with E-state index in [4.69, 9.17) is 9.47 Å². The monoisotopic (exact) mass is 228 g/mol. The highest BCUT2D eigenvalue weighted by molar-refractivity contribution is 4.96. The minimum atomic E-state index is -0.108. The third-order valence-corrected chi connectivity index (χ3v) is 5.32. The molecular weight excluding hydrogens is 200 g/mol. The summed E-state index contributed by atoms with van der Waals surface area (Å²) < 4.78 is 11.8. The van der Waals surface area contributed by atoms with Gasteiger partial charge in [0.2, 0.25) is 0 Å². The van der Waals surface area contributed by atoms with Crippen molar-refractivity contribution in [2.24, 2.45) is 16.7 Å². The van der Waals surface area contributed by atoms with Crippen molar-refractivity contribution < 1.29 is 9.47 Å². The Hall–Kier alpha value is -0.0800. The van der Waals surface area contributed by atoms with Crippen molar-refractivity contribution in [3.05, 3.63) is 0 Å². The molecule has 0 aromatic carbocycles. The normalized spacial score (nSPS) is 43.5. The molecule has 0 bridgehead atoms. The Morgan fingerprint density at radius 1 is 0.750 bits per heavy atom. The fraction of sp³-hybridized carbons (Fsp3) is 1.00. The Labute approximate surface area is 101 Å². The van der Waals surface area contributed by atoms with E-state index in [9.17, 15) is 0 Å². The zero-order valence-corrected chi connectivity index (χ0v) is 12.1. The molecule has 1 aliphatic heterocycles. The van der Waals surface area contributed by atoms with Crippen LogP contribution < -0.4 is 0 Å². The highest BCUT2D eigenvalue weighted by Crippen LogP contribution is 2.50. The molecule has 1 heterocycles. The summed E-state index contributed by atoms with van der Waals surface area (Å²) in [5.74, 6) is 0.510. The molecule has 2 nitrogen and oxygen atoms in total. The smallest absolute Gasteiger partial charge is 0.155 e. The van der Waals surface area contributed by atoms with Gasteiger partial charge in [-0.25, -0.2) is 0 Å². The Bertz CT molecular complexity index is 245. The average molecular weight is 228 g/mol. The molecule has 0 radical (unpaired) electrons. The van der Waals surface area contributed by atoms with Crippen LogP contribution in [0.5, 0.6) is 0 Å². The summed E-state index contributed by atoms with van der Waals surface area (Å²) in [6, 6.07) is 0. The number of ether oxygens (including phenoxy) is 2.